The molecule has 1 amide bonds. The van der Waals surface area contributed by atoms with Crippen LogP contribution in [0.3, 0.4) is 0 Å². The fraction of sp³-hybridized carbons (Fsp3) is 0.786. The van der Waals surface area contributed by atoms with Crippen LogP contribution in [-0.4, -0.2) is 61.5 Å². The minimum absolute atomic E-state index is 0.262. The fourth-order valence-electron chi connectivity index (χ4n) is 2.70. The summed E-state index contributed by atoms with van der Waals surface area (Å²) in [5.74, 6) is 1.22. The Morgan fingerprint density at radius 1 is 1.22 bits per heavy atom. The lowest BCUT2D eigenvalue weighted by Crippen LogP contribution is -2.50. The summed E-state index contributed by atoms with van der Waals surface area (Å²) >= 11 is 0. The topological polar surface area (TPSA) is 35.6 Å². The summed E-state index contributed by atoms with van der Waals surface area (Å²) in [6.45, 7) is 8.97. The van der Waals surface area contributed by atoms with Crippen LogP contribution in [0.25, 0.3) is 0 Å². The summed E-state index contributed by atoms with van der Waals surface area (Å²) in [4.78, 5) is 16.8. The highest BCUT2D eigenvalue weighted by Crippen LogP contribution is 2.30. The minimum atomic E-state index is 0.262. The van der Waals surface area contributed by atoms with Gasteiger partial charge in [-0.05, 0) is 31.3 Å². The maximum atomic E-state index is 12.3. The van der Waals surface area contributed by atoms with E-state index in [-0.39, 0.29) is 5.91 Å². The van der Waals surface area contributed by atoms with Crippen molar-refractivity contribution in [2.75, 3.05) is 45.8 Å². The van der Waals surface area contributed by atoms with Crippen molar-refractivity contribution in [3.05, 3.63) is 11.1 Å². The molecule has 3 rings (SSSR count). The van der Waals surface area contributed by atoms with E-state index in [0.29, 0.717) is 0 Å². The normalized spacial score (nSPS) is 24.9. The van der Waals surface area contributed by atoms with Crippen molar-refractivity contribution in [2.45, 2.75) is 19.8 Å². The van der Waals surface area contributed by atoms with Crippen LogP contribution in [0.2, 0.25) is 0 Å². The van der Waals surface area contributed by atoms with Crippen LogP contribution in [0.4, 0.5) is 0 Å². The number of rotatable bonds is 3. The van der Waals surface area contributed by atoms with Gasteiger partial charge < -0.3 is 10.2 Å². The number of carbonyl (C=O) groups is 1. The average Bonchev–Trinajstić information content (AvgIpc) is 3.11. The predicted molar refractivity (Wildman–Crippen MR) is 71.3 cm³/mol. The maximum absolute atomic E-state index is 12.3. The lowest BCUT2D eigenvalue weighted by Gasteiger charge is -2.35. The molecule has 0 aromatic heterocycles. The molecule has 100 valence electrons. The van der Waals surface area contributed by atoms with Crippen LogP contribution in [0, 0.1) is 5.92 Å². The molecule has 0 radical (unpaired) electrons. The summed E-state index contributed by atoms with van der Waals surface area (Å²) in [6.07, 6.45) is 2.83. The van der Waals surface area contributed by atoms with E-state index >= 15 is 0 Å². The second kappa shape index (κ2) is 5.02. The van der Waals surface area contributed by atoms with Crippen molar-refractivity contribution in [3.8, 4) is 0 Å². The van der Waals surface area contributed by atoms with Crippen LogP contribution >= 0.6 is 0 Å². The molecule has 4 nitrogen and oxygen atoms in total. The molecule has 2 saturated heterocycles. The van der Waals surface area contributed by atoms with Gasteiger partial charge in [0.05, 0.1) is 0 Å². The number of amides is 1. The minimum Gasteiger partial charge on any atom is -0.336 e. The average molecular weight is 249 g/mol. The monoisotopic (exact) mass is 249 g/mol. The van der Waals surface area contributed by atoms with Gasteiger partial charge in [-0.2, -0.15) is 0 Å². The van der Waals surface area contributed by atoms with Gasteiger partial charge in [-0.15, -0.1) is 0 Å². The number of hydrogen-bond donors (Lipinski definition) is 1. The standard InChI is InChI=1S/C14H23N3O/c1-11(13-8-15-9-13)14(18)17-6-4-16(5-7-17)10-12-2-3-12/h12,15H,2-10H2,1H3. The molecule has 0 atom stereocenters. The van der Waals surface area contributed by atoms with E-state index in [1.165, 1.54) is 25.0 Å². The van der Waals surface area contributed by atoms with Crippen molar-refractivity contribution in [1.82, 2.24) is 15.1 Å². The molecule has 2 aliphatic heterocycles. The quantitative estimate of drug-likeness (QED) is 0.738. The van der Waals surface area contributed by atoms with Crippen molar-refractivity contribution in [1.29, 1.82) is 0 Å². The molecular weight excluding hydrogens is 226 g/mol. The lowest BCUT2D eigenvalue weighted by atomic mass is 10.0. The highest BCUT2D eigenvalue weighted by molar-refractivity contribution is 5.94. The second-order valence-corrected chi connectivity index (χ2v) is 5.87. The van der Waals surface area contributed by atoms with E-state index in [0.717, 1.165) is 50.8 Å². The molecule has 2 heterocycles. The molecule has 1 N–H and O–H groups in total. The molecule has 18 heavy (non-hydrogen) atoms. The molecule has 0 unspecified atom stereocenters. The molecule has 4 heteroatoms. The number of piperazine rings is 1. The van der Waals surface area contributed by atoms with Gasteiger partial charge >= 0.3 is 0 Å². The van der Waals surface area contributed by atoms with Crippen LogP contribution in [0.5, 0.6) is 0 Å². The zero-order valence-electron chi connectivity index (χ0n) is 11.2. The third-order valence-corrected chi connectivity index (χ3v) is 4.40. The molecule has 0 aromatic carbocycles. The molecule has 0 bridgehead atoms. The first kappa shape index (κ1) is 12.2. The van der Waals surface area contributed by atoms with Crippen LogP contribution < -0.4 is 5.32 Å². The Morgan fingerprint density at radius 3 is 2.39 bits per heavy atom. The first-order valence-corrected chi connectivity index (χ1v) is 7.15. The fourth-order valence-corrected chi connectivity index (χ4v) is 2.70. The molecule has 1 aliphatic carbocycles. The Bertz CT molecular complexity index is 359. The lowest BCUT2D eigenvalue weighted by molar-refractivity contribution is -0.128. The van der Waals surface area contributed by atoms with Crippen molar-refractivity contribution in [2.24, 2.45) is 5.92 Å². The largest absolute Gasteiger partial charge is 0.336 e. The zero-order valence-corrected chi connectivity index (χ0v) is 11.2. The number of carbonyl (C=O) groups excluding carboxylic acids is 1. The number of hydrogen-bond acceptors (Lipinski definition) is 3. The summed E-state index contributed by atoms with van der Waals surface area (Å²) in [7, 11) is 0. The SMILES string of the molecule is CC(C(=O)N1CCN(CC2CC2)CC1)=C1CNC1. The summed E-state index contributed by atoms with van der Waals surface area (Å²) in [5, 5.41) is 3.20. The first-order valence-electron chi connectivity index (χ1n) is 7.15. The van der Waals surface area contributed by atoms with Crippen molar-refractivity contribution >= 4 is 5.91 Å². The van der Waals surface area contributed by atoms with E-state index < -0.39 is 0 Å². The van der Waals surface area contributed by atoms with Crippen molar-refractivity contribution < 1.29 is 4.79 Å². The molecule has 3 fully saturated rings. The first-order chi connectivity index (χ1) is 8.74. The molecule has 1 saturated carbocycles. The van der Waals surface area contributed by atoms with E-state index in [2.05, 4.69) is 10.2 Å². The second-order valence-electron chi connectivity index (χ2n) is 5.87. The zero-order chi connectivity index (χ0) is 12.5. The molecule has 0 spiro atoms. The van der Waals surface area contributed by atoms with Crippen LogP contribution in [0.15, 0.2) is 11.1 Å². The molecule has 0 aromatic rings. The van der Waals surface area contributed by atoms with Gasteiger partial charge in [0.15, 0.2) is 0 Å². The van der Waals surface area contributed by atoms with E-state index in [1.54, 1.807) is 0 Å². The summed E-state index contributed by atoms with van der Waals surface area (Å²) in [5.41, 5.74) is 2.27. The van der Waals surface area contributed by atoms with Gasteiger partial charge in [0.25, 0.3) is 0 Å². The van der Waals surface area contributed by atoms with Gasteiger partial charge in [-0.25, -0.2) is 0 Å². The van der Waals surface area contributed by atoms with Crippen molar-refractivity contribution in [3.63, 3.8) is 0 Å². The summed E-state index contributed by atoms with van der Waals surface area (Å²) < 4.78 is 0. The maximum Gasteiger partial charge on any atom is 0.249 e. The third kappa shape index (κ3) is 2.59. The van der Waals surface area contributed by atoms with E-state index in [9.17, 15) is 4.79 Å². The Kier molecular flexibility index (Phi) is 3.39. The predicted octanol–water partition coefficient (Wildman–Crippen LogP) is 0.460. The van der Waals surface area contributed by atoms with Gasteiger partial charge in [0.2, 0.25) is 5.91 Å². The smallest absolute Gasteiger partial charge is 0.249 e. The van der Waals surface area contributed by atoms with Gasteiger partial charge in [-0.3, -0.25) is 9.69 Å². The highest BCUT2D eigenvalue weighted by Gasteiger charge is 2.28. The summed E-state index contributed by atoms with van der Waals surface area (Å²) in [6, 6.07) is 0. The number of nitrogens with one attached hydrogen (secondary N) is 1. The Morgan fingerprint density at radius 2 is 1.89 bits per heavy atom. The Balaban J connectivity index is 1.50. The van der Waals surface area contributed by atoms with Gasteiger partial charge in [0, 0.05) is 51.4 Å². The van der Waals surface area contributed by atoms with Crippen LogP contribution in [-0.2, 0) is 4.79 Å². The Labute approximate surface area is 109 Å². The Hall–Kier alpha value is -0.870. The third-order valence-electron chi connectivity index (χ3n) is 4.40. The number of nitrogens with zero attached hydrogens (tertiary/aromatic N) is 2. The van der Waals surface area contributed by atoms with E-state index in [4.69, 9.17) is 0 Å². The van der Waals surface area contributed by atoms with Gasteiger partial charge in [-0.1, -0.05) is 0 Å². The van der Waals surface area contributed by atoms with E-state index in [1.807, 2.05) is 11.8 Å². The highest BCUT2D eigenvalue weighted by atomic mass is 16.2. The molecular formula is C14H23N3O. The van der Waals surface area contributed by atoms with Crippen LogP contribution in [0.1, 0.15) is 19.8 Å². The van der Waals surface area contributed by atoms with Gasteiger partial charge in [0.1, 0.15) is 0 Å². The molecule has 3 aliphatic rings.